The van der Waals surface area contributed by atoms with Gasteiger partial charge in [0.25, 0.3) is 5.91 Å². The van der Waals surface area contributed by atoms with Gasteiger partial charge in [0.2, 0.25) is 11.8 Å². The highest BCUT2D eigenvalue weighted by atomic mass is 32.1. The van der Waals surface area contributed by atoms with Crippen molar-refractivity contribution in [3.05, 3.63) is 40.7 Å². The molecule has 1 fully saturated rings. The van der Waals surface area contributed by atoms with Crippen molar-refractivity contribution >= 4 is 29.5 Å². The summed E-state index contributed by atoms with van der Waals surface area (Å²) in [4.78, 5) is 32.3. The van der Waals surface area contributed by atoms with Crippen LogP contribution < -0.4 is 10.1 Å². The van der Waals surface area contributed by atoms with E-state index in [2.05, 4.69) is 31.5 Å². The van der Waals surface area contributed by atoms with Crippen molar-refractivity contribution in [3.8, 4) is 16.3 Å². The zero-order valence-corrected chi connectivity index (χ0v) is 17.8. The molecule has 31 heavy (non-hydrogen) atoms. The summed E-state index contributed by atoms with van der Waals surface area (Å²) in [5.74, 6) is 1.52. The zero-order valence-electron chi connectivity index (χ0n) is 17.0. The number of rotatable bonds is 4. The number of hydrogen-bond acceptors (Lipinski definition) is 9. The second kappa shape index (κ2) is 9.67. The molecule has 0 bridgehead atoms. The third kappa shape index (κ3) is 4.89. The zero-order chi connectivity index (χ0) is 21.6. The van der Waals surface area contributed by atoms with Crippen LogP contribution in [0.3, 0.4) is 0 Å². The van der Waals surface area contributed by atoms with Crippen LogP contribution in [0.5, 0.6) is 5.75 Å². The number of anilines is 1. The van der Waals surface area contributed by atoms with Gasteiger partial charge in [-0.05, 0) is 23.8 Å². The third-order valence-electron chi connectivity index (χ3n) is 4.79. The van der Waals surface area contributed by atoms with Crippen LogP contribution in [0.4, 0.5) is 5.95 Å². The Morgan fingerprint density at radius 3 is 2.81 bits per heavy atom. The van der Waals surface area contributed by atoms with E-state index in [4.69, 9.17) is 9.47 Å². The Balaban J connectivity index is 0.000000150. The highest BCUT2D eigenvalue weighted by Gasteiger charge is 2.21. The minimum Gasteiger partial charge on any atom is -0.493 e. The number of H-pyrrole nitrogens is 1. The van der Waals surface area contributed by atoms with Gasteiger partial charge in [0.15, 0.2) is 6.29 Å². The number of aldehydes is 1. The smallest absolute Gasteiger partial charge is 0.291 e. The van der Waals surface area contributed by atoms with E-state index in [9.17, 15) is 9.59 Å². The predicted molar refractivity (Wildman–Crippen MR) is 115 cm³/mol. The van der Waals surface area contributed by atoms with E-state index in [1.807, 2.05) is 12.1 Å². The summed E-state index contributed by atoms with van der Waals surface area (Å²) in [6, 6.07) is 6.05. The fraction of sp³-hybridized carbons (Fsp3) is 0.350. The van der Waals surface area contributed by atoms with Crippen LogP contribution in [0.25, 0.3) is 10.6 Å². The number of nitrogens with one attached hydrogen (secondary N) is 2. The second-order valence-electron chi connectivity index (χ2n) is 6.78. The number of aromatic amines is 1. The van der Waals surface area contributed by atoms with Crippen molar-refractivity contribution in [2.75, 3.05) is 45.3 Å². The molecule has 3 aromatic rings. The molecule has 0 saturated carbocycles. The van der Waals surface area contributed by atoms with Gasteiger partial charge in [-0.15, -0.1) is 16.4 Å². The number of carbonyl (C=O) groups is 2. The Morgan fingerprint density at radius 1 is 1.26 bits per heavy atom. The molecule has 10 nitrogen and oxygen atoms in total. The maximum absolute atomic E-state index is 11.8. The summed E-state index contributed by atoms with van der Waals surface area (Å²) in [7, 11) is 1.70. The summed E-state index contributed by atoms with van der Waals surface area (Å²) in [6.07, 6.45) is 1.73. The number of nitrogens with zero attached hydrogens (tertiary/aromatic N) is 4. The molecule has 2 aliphatic rings. The van der Waals surface area contributed by atoms with Gasteiger partial charge in [0, 0.05) is 37.5 Å². The minimum atomic E-state index is -0.132. The van der Waals surface area contributed by atoms with Gasteiger partial charge >= 0.3 is 0 Å². The van der Waals surface area contributed by atoms with E-state index in [1.54, 1.807) is 17.3 Å². The van der Waals surface area contributed by atoms with Crippen LogP contribution in [0.15, 0.2) is 23.6 Å². The summed E-state index contributed by atoms with van der Waals surface area (Å²) in [5, 5.41) is 11.8. The van der Waals surface area contributed by atoms with E-state index in [-0.39, 0.29) is 11.7 Å². The second-order valence-corrected chi connectivity index (χ2v) is 7.64. The van der Waals surface area contributed by atoms with Gasteiger partial charge in [-0.3, -0.25) is 14.7 Å². The van der Waals surface area contributed by atoms with Crippen molar-refractivity contribution in [3.63, 3.8) is 0 Å². The Labute approximate surface area is 182 Å². The summed E-state index contributed by atoms with van der Waals surface area (Å²) >= 11 is 1.49. The molecule has 0 spiro atoms. The first-order chi connectivity index (χ1) is 15.2. The number of carbonyl (C=O) groups excluding carboxylic acids is 2. The molecule has 2 aliphatic heterocycles. The number of aromatic nitrogens is 4. The number of ether oxygens (including phenoxy) is 2. The van der Waals surface area contributed by atoms with Gasteiger partial charge in [0.05, 0.1) is 19.8 Å². The quantitative estimate of drug-likeness (QED) is 0.587. The molecule has 0 radical (unpaired) electrons. The summed E-state index contributed by atoms with van der Waals surface area (Å²) in [6.45, 7) is 3.14. The Kier molecular flexibility index (Phi) is 6.53. The van der Waals surface area contributed by atoms with Gasteiger partial charge in [-0.25, -0.2) is 4.98 Å². The molecule has 162 valence electrons. The SMILES string of the molecule is CNc1n[nH]c(C(=O)N2CCOCC2)n1.O=Cc1csc(-c2ccc3c(c2)CCO3)n1. The van der Waals surface area contributed by atoms with Crippen LogP contribution in [0, 0.1) is 0 Å². The lowest BCUT2D eigenvalue weighted by atomic mass is 10.1. The van der Waals surface area contributed by atoms with Crippen LogP contribution in [-0.4, -0.2) is 77.2 Å². The van der Waals surface area contributed by atoms with Crippen molar-refractivity contribution in [1.82, 2.24) is 25.1 Å². The molecule has 1 amide bonds. The largest absolute Gasteiger partial charge is 0.493 e. The van der Waals surface area contributed by atoms with Crippen LogP contribution in [0.1, 0.15) is 26.7 Å². The van der Waals surface area contributed by atoms with E-state index in [1.165, 1.54) is 16.9 Å². The minimum absolute atomic E-state index is 0.132. The molecule has 2 N–H and O–H groups in total. The molecule has 11 heteroatoms. The van der Waals surface area contributed by atoms with Gasteiger partial charge < -0.3 is 19.7 Å². The molecule has 1 aromatic carbocycles. The summed E-state index contributed by atoms with van der Waals surface area (Å²) < 4.78 is 10.6. The molecular weight excluding hydrogens is 420 g/mol. The van der Waals surface area contributed by atoms with Crippen LogP contribution in [-0.2, 0) is 11.2 Å². The van der Waals surface area contributed by atoms with Crippen LogP contribution >= 0.6 is 11.3 Å². The van der Waals surface area contributed by atoms with E-state index in [0.717, 1.165) is 35.6 Å². The Morgan fingerprint density at radius 2 is 2.10 bits per heavy atom. The predicted octanol–water partition coefficient (Wildman–Crippen LogP) is 1.88. The Bertz CT molecular complexity index is 1060. The van der Waals surface area contributed by atoms with Crippen molar-refractivity contribution in [1.29, 1.82) is 0 Å². The fourth-order valence-corrected chi connectivity index (χ4v) is 3.94. The lowest BCUT2D eigenvalue weighted by molar-refractivity contribution is 0.0295. The highest BCUT2D eigenvalue weighted by Crippen LogP contribution is 2.31. The van der Waals surface area contributed by atoms with Crippen molar-refractivity contribution in [2.24, 2.45) is 0 Å². The number of amides is 1. The van der Waals surface area contributed by atoms with E-state index in [0.29, 0.717) is 37.9 Å². The number of thiazole rings is 1. The molecule has 0 atom stereocenters. The third-order valence-corrected chi connectivity index (χ3v) is 5.70. The molecule has 1 saturated heterocycles. The fourth-order valence-electron chi connectivity index (χ4n) is 3.18. The molecule has 5 rings (SSSR count). The standard InChI is InChI=1S/C12H9NO2S.C8H13N5O2/c14-6-10-7-16-12(13-10)9-1-2-11-8(5-9)3-4-15-11;1-9-8-10-6(11-12-8)7(14)13-2-4-15-5-3-13/h1-2,5-7H,3-4H2;2-5H2,1H3,(H2,9,10,11,12). The number of hydrogen-bond donors (Lipinski definition) is 2. The van der Waals surface area contributed by atoms with Crippen LogP contribution in [0.2, 0.25) is 0 Å². The first kappa shape index (κ1) is 20.9. The topological polar surface area (TPSA) is 122 Å². The van der Waals surface area contributed by atoms with Crippen molar-refractivity contribution < 1.29 is 19.1 Å². The average molecular weight is 443 g/mol. The number of morpholine rings is 1. The lowest BCUT2D eigenvalue weighted by Crippen LogP contribution is -2.41. The van der Waals surface area contributed by atoms with E-state index < -0.39 is 0 Å². The van der Waals surface area contributed by atoms with Gasteiger partial charge in [-0.2, -0.15) is 4.98 Å². The lowest BCUT2D eigenvalue weighted by Gasteiger charge is -2.25. The first-order valence-electron chi connectivity index (χ1n) is 9.82. The highest BCUT2D eigenvalue weighted by molar-refractivity contribution is 7.13. The number of fused-ring (bicyclic) bond motifs is 1. The molecule has 0 aliphatic carbocycles. The van der Waals surface area contributed by atoms with E-state index >= 15 is 0 Å². The maximum atomic E-state index is 11.8. The van der Waals surface area contributed by atoms with Gasteiger partial charge in [0.1, 0.15) is 16.5 Å². The molecule has 2 aromatic heterocycles. The Hall–Kier alpha value is -3.31. The van der Waals surface area contributed by atoms with Crippen molar-refractivity contribution in [2.45, 2.75) is 6.42 Å². The first-order valence-corrected chi connectivity index (χ1v) is 10.7. The monoisotopic (exact) mass is 442 g/mol. The molecule has 4 heterocycles. The normalized spacial score (nSPS) is 14.8. The average Bonchev–Trinajstić information content (AvgIpc) is 3.59. The maximum Gasteiger partial charge on any atom is 0.291 e. The molecule has 0 unspecified atom stereocenters. The number of benzene rings is 1. The molecular formula is C20H22N6O4S. The summed E-state index contributed by atoms with van der Waals surface area (Å²) in [5.41, 5.74) is 2.78. The van der Waals surface area contributed by atoms with Gasteiger partial charge in [-0.1, -0.05) is 0 Å².